The molecule has 0 aliphatic heterocycles. The van der Waals surface area contributed by atoms with Crippen molar-refractivity contribution in [1.29, 1.82) is 0 Å². The number of rotatable bonds is 8. The maximum atomic E-state index is 11.7. The SMILES string of the molecule is C#CCC(NC(=O)C(C)CCCC(C)N)C(=O)O. The normalized spacial score (nSPS) is 15.2. The molecule has 0 heterocycles. The second-order valence-electron chi connectivity index (χ2n) is 4.62. The van der Waals surface area contributed by atoms with Crippen LogP contribution in [0.1, 0.15) is 39.5 Å². The van der Waals surface area contributed by atoms with Crippen molar-refractivity contribution < 1.29 is 14.7 Å². The lowest BCUT2D eigenvalue weighted by molar-refractivity contribution is -0.142. The maximum absolute atomic E-state index is 11.7. The van der Waals surface area contributed by atoms with Crippen LogP contribution in [-0.2, 0) is 9.59 Å². The van der Waals surface area contributed by atoms with Crippen molar-refractivity contribution in [2.24, 2.45) is 11.7 Å². The zero-order chi connectivity index (χ0) is 14.1. The van der Waals surface area contributed by atoms with Crippen LogP contribution in [0.2, 0.25) is 0 Å². The Bertz CT molecular complexity index is 321. The number of carbonyl (C=O) groups is 2. The Hall–Kier alpha value is -1.54. The molecule has 5 nitrogen and oxygen atoms in total. The summed E-state index contributed by atoms with van der Waals surface area (Å²) in [7, 11) is 0. The molecule has 1 amide bonds. The van der Waals surface area contributed by atoms with E-state index in [1.54, 1.807) is 6.92 Å². The lowest BCUT2D eigenvalue weighted by Crippen LogP contribution is -2.42. The highest BCUT2D eigenvalue weighted by Crippen LogP contribution is 2.09. The molecule has 5 heteroatoms. The summed E-state index contributed by atoms with van der Waals surface area (Å²) < 4.78 is 0. The van der Waals surface area contributed by atoms with Gasteiger partial charge in [0.15, 0.2) is 0 Å². The summed E-state index contributed by atoms with van der Waals surface area (Å²) in [6, 6.07) is -0.883. The van der Waals surface area contributed by atoms with Crippen molar-refractivity contribution in [3.63, 3.8) is 0 Å². The van der Waals surface area contributed by atoms with Crippen LogP contribution in [0.4, 0.5) is 0 Å². The predicted octanol–water partition coefficient (Wildman–Crippen LogP) is 0.733. The van der Waals surface area contributed by atoms with E-state index in [1.807, 2.05) is 6.92 Å². The molecule has 0 aliphatic carbocycles. The lowest BCUT2D eigenvalue weighted by Gasteiger charge is -2.16. The number of nitrogens with two attached hydrogens (primary N) is 1. The van der Waals surface area contributed by atoms with E-state index in [0.29, 0.717) is 6.42 Å². The summed E-state index contributed by atoms with van der Waals surface area (Å²) in [6.45, 7) is 3.68. The average molecular weight is 254 g/mol. The van der Waals surface area contributed by atoms with E-state index in [0.717, 1.165) is 12.8 Å². The van der Waals surface area contributed by atoms with Crippen LogP contribution in [0.5, 0.6) is 0 Å². The molecule has 0 rings (SSSR count). The first kappa shape index (κ1) is 16.5. The minimum Gasteiger partial charge on any atom is -0.480 e. The zero-order valence-corrected chi connectivity index (χ0v) is 11.0. The molecule has 0 aromatic rings. The second kappa shape index (κ2) is 8.54. The third kappa shape index (κ3) is 6.92. The summed E-state index contributed by atoms with van der Waals surface area (Å²) >= 11 is 0. The first-order chi connectivity index (χ1) is 8.38. The highest BCUT2D eigenvalue weighted by atomic mass is 16.4. The Morgan fingerprint density at radius 2 is 2.00 bits per heavy atom. The first-order valence-electron chi connectivity index (χ1n) is 6.10. The van der Waals surface area contributed by atoms with E-state index in [1.165, 1.54) is 0 Å². The molecule has 3 unspecified atom stereocenters. The largest absolute Gasteiger partial charge is 0.480 e. The Labute approximate surface area is 108 Å². The Morgan fingerprint density at radius 1 is 1.39 bits per heavy atom. The van der Waals surface area contributed by atoms with Crippen LogP contribution in [0.25, 0.3) is 0 Å². The summed E-state index contributed by atoms with van der Waals surface area (Å²) in [5, 5.41) is 11.3. The van der Waals surface area contributed by atoms with Crippen molar-refractivity contribution in [3.05, 3.63) is 0 Å². The molecule has 0 aromatic heterocycles. The molecule has 0 saturated carbocycles. The number of nitrogens with one attached hydrogen (secondary N) is 1. The minimum atomic E-state index is -1.11. The van der Waals surface area contributed by atoms with Gasteiger partial charge in [-0.25, -0.2) is 4.79 Å². The van der Waals surface area contributed by atoms with E-state index in [4.69, 9.17) is 17.3 Å². The van der Waals surface area contributed by atoms with Gasteiger partial charge in [0.25, 0.3) is 0 Å². The van der Waals surface area contributed by atoms with Crippen molar-refractivity contribution in [1.82, 2.24) is 5.32 Å². The van der Waals surface area contributed by atoms with E-state index in [-0.39, 0.29) is 24.3 Å². The van der Waals surface area contributed by atoms with E-state index >= 15 is 0 Å². The van der Waals surface area contributed by atoms with Crippen LogP contribution in [0.3, 0.4) is 0 Å². The summed E-state index contributed by atoms with van der Waals surface area (Å²) in [4.78, 5) is 22.6. The molecule has 3 atom stereocenters. The van der Waals surface area contributed by atoms with Crippen LogP contribution >= 0.6 is 0 Å². The molecule has 102 valence electrons. The Morgan fingerprint density at radius 3 is 2.44 bits per heavy atom. The summed E-state index contributed by atoms with van der Waals surface area (Å²) in [5.41, 5.74) is 5.61. The van der Waals surface area contributed by atoms with E-state index in [9.17, 15) is 9.59 Å². The standard InChI is InChI=1S/C13H22N2O3/c1-4-6-11(13(17)18)15-12(16)9(2)7-5-8-10(3)14/h1,9-11H,5-8,14H2,2-3H3,(H,15,16)(H,17,18). The highest BCUT2D eigenvalue weighted by molar-refractivity contribution is 5.84. The molecular weight excluding hydrogens is 232 g/mol. The number of hydrogen-bond acceptors (Lipinski definition) is 3. The number of terminal acetylenes is 1. The molecule has 0 radical (unpaired) electrons. The van der Waals surface area contributed by atoms with Crippen LogP contribution in [0.15, 0.2) is 0 Å². The van der Waals surface area contributed by atoms with Gasteiger partial charge in [0, 0.05) is 18.4 Å². The van der Waals surface area contributed by atoms with E-state index < -0.39 is 12.0 Å². The van der Waals surface area contributed by atoms with Crippen LogP contribution in [0, 0.1) is 18.3 Å². The average Bonchev–Trinajstić information content (AvgIpc) is 2.27. The zero-order valence-electron chi connectivity index (χ0n) is 11.0. The molecule has 0 saturated heterocycles. The minimum absolute atomic E-state index is 0.00632. The second-order valence-corrected chi connectivity index (χ2v) is 4.62. The molecule has 0 bridgehead atoms. The number of hydrogen-bond donors (Lipinski definition) is 3. The Balaban J connectivity index is 4.13. The van der Waals surface area contributed by atoms with Crippen molar-refractivity contribution >= 4 is 11.9 Å². The van der Waals surface area contributed by atoms with Crippen LogP contribution < -0.4 is 11.1 Å². The molecule has 18 heavy (non-hydrogen) atoms. The topological polar surface area (TPSA) is 92.4 Å². The third-order valence-electron chi connectivity index (χ3n) is 2.68. The maximum Gasteiger partial charge on any atom is 0.327 e. The first-order valence-corrected chi connectivity index (χ1v) is 6.10. The fraction of sp³-hybridized carbons (Fsp3) is 0.692. The third-order valence-corrected chi connectivity index (χ3v) is 2.68. The number of aliphatic carboxylic acids is 1. The molecule has 0 aliphatic rings. The van der Waals surface area contributed by atoms with Gasteiger partial charge in [0.05, 0.1) is 0 Å². The molecule has 0 spiro atoms. The predicted molar refractivity (Wildman–Crippen MR) is 69.7 cm³/mol. The van der Waals surface area contributed by atoms with Gasteiger partial charge in [-0.3, -0.25) is 4.79 Å². The quantitative estimate of drug-likeness (QED) is 0.557. The van der Waals surface area contributed by atoms with Crippen molar-refractivity contribution in [2.45, 2.75) is 51.6 Å². The van der Waals surface area contributed by atoms with Gasteiger partial charge in [-0.15, -0.1) is 12.3 Å². The van der Waals surface area contributed by atoms with Crippen molar-refractivity contribution in [3.8, 4) is 12.3 Å². The monoisotopic (exact) mass is 254 g/mol. The van der Waals surface area contributed by atoms with Crippen LogP contribution in [-0.4, -0.2) is 29.1 Å². The molecular formula is C13H22N2O3. The highest BCUT2D eigenvalue weighted by Gasteiger charge is 2.21. The lowest BCUT2D eigenvalue weighted by atomic mass is 10.0. The van der Waals surface area contributed by atoms with Gasteiger partial charge < -0.3 is 16.2 Å². The number of carbonyl (C=O) groups excluding carboxylic acids is 1. The van der Waals surface area contributed by atoms with Gasteiger partial charge in [-0.05, 0) is 19.8 Å². The number of carboxylic acids is 1. The van der Waals surface area contributed by atoms with Gasteiger partial charge >= 0.3 is 5.97 Å². The van der Waals surface area contributed by atoms with E-state index in [2.05, 4.69) is 11.2 Å². The summed E-state index contributed by atoms with van der Waals surface area (Å²) in [6.07, 6.45) is 7.44. The molecule has 0 fully saturated rings. The van der Waals surface area contributed by atoms with Gasteiger partial charge in [0.2, 0.25) is 5.91 Å². The van der Waals surface area contributed by atoms with Gasteiger partial charge in [-0.1, -0.05) is 13.3 Å². The fourth-order valence-corrected chi connectivity index (χ4v) is 1.51. The molecule has 0 aromatic carbocycles. The smallest absolute Gasteiger partial charge is 0.327 e. The Kier molecular flexibility index (Phi) is 7.81. The molecule has 4 N–H and O–H groups in total. The number of carboxylic acid groups (broad SMARTS) is 1. The van der Waals surface area contributed by atoms with Gasteiger partial charge in [-0.2, -0.15) is 0 Å². The fourth-order valence-electron chi connectivity index (χ4n) is 1.51. The number of amides is 1. The van der Waals surface area contributed by atoms with Gasteiger partial charge in [0.1, 0.15) is 6.04 Å². The summed E-state index contributed by atoms with van der Waals surface area (Å²) in [5.74, 6) is 0.623. The van der Waals surface area contributed by atoms with Crippen molar-refractivity contribution in [2.75, 3.05) is 0 Å².